The second kappa shape index (κ2) is 6.94. The maximum atomic E-state index is 12.2. The van der Waals surface area contributed by atoms with Crippen molar-refractivity contribution in [2.45, 2.75) is 0 Å². The molecule has 1 heterocycles. The van der Waals surface area contributed by atoms with Gasteiger partial charge in [0.1, 0.15) is 5.75 Å². The van der Waals surface area contributed by atoms with Crippen molar-refractivity contribution < 1.29 is 19.4 Å². The van der Waals surface area contributed by atoms with E-state index in [1.165, 1.54) is 0 Å². The molecule has 1 fully saturated rings. The predicted molar refractivity (Wildman–Crippen MR) is 77.7 cm³/mol. The maximum Gasteiger partial charge on any atom is 0.341 e. The topological polar surface area (TPSA) is 82.1 Å². The molecule has 0 unspecified atom stereocenters. The summed E-state index contributed by atoms with van der Waals surface area (Å²) in [7, 11) is 2.02. The third kappa shape index (κ3) is 4.35. The number of amides is 2. The number of urea groups is 1. The number of carboxylic acids is 1. The first-order valence-corrected chi connectivity index (χ1v) is 6.74. The zero-order chi connectivity index (χ0) is 15.2. The van der Waals surface area contributed by atoms with Crippen LogP contribution >= 0.6 is 0 Å². The zero-order valence-corrected chi connectivity index (χ0v) is 11.9. The molecule has 7 heteroatoms. The van der Waals surface area contributed by atoms with Crippen molar-refractivity contribution in [3.05, 3.63) is 24.3 Å². The zero-order valence-electron chi connectivity index (χ0n) is 11.9. The highest BCUT2D eigenvalue weighted by atomic mass is 16.5. The number of likely N-dealkylation sites (N-methyl/N-ethyl adjacent to an activating group) is 1. The minimum atomic E-state index is -1.06. The number of benzene rings is 1. The fourth-order valence-corrected chi connectivity index (χ4v) is 2.04. The van der Waals surface area contributed by atoms with Gasteiger partial charge >= 0.3 is 12.0 Å². The van der Waals surface area contributed by atoms with Crippen LogP contribution in [-0.4, -0.2) is 66.7 Å². The molecular formula is C14H19N3O4. The van der Waals surface area contributed by atoms with Gasteiger partial charge in [0.2, 0.25) is 0 Å². The van der Waals surface area contributed by atoms with Gasteiger partial charge in [0.15, 0.2) is 6.61 Å². The molecule has 0 bridgehead atoms. The van der Waals surface area contributed by atoms with E-state index in [1.807, 2.05) is 7.05 Å². The van der Waals surface area contributed by atoms with Gasteiger partial charge in [-0.15, -0.1) is 0 Å². The third-order valence-corrected chi connectivity index (χ3v) is 3.27. The summed E-state index contributed by atoms with van der Waals surface area (Å²) < 4.78 is 5.16. The van der Waals surface area contributed by atoms with E-state index in [0.717, 1.165) is 13.1 Å². The van der Waals surface area contributed by atoms with Crippen LogP contribution in [0.1, 0.15) is 0 Å². The number of nitrogens with one attached hydrogen (secondary N) is 1. The predicted octanol–water partition coefficient (Wildman–Crippen LogP) is 0.929. The largest absolute Gasteiger partial charge is 0.480 e. The van der Waals surface area contributed by atoms with Crippen molar-refractivity contribution in [3.8, 4) is 5.75 Å². The van der Waals surface area contributed by atoms with E-state index in [9.17, 15) is 9.59 Å². The van der Waals surface area contributed by atoms with Crippen LogP contribution < -0.4 is 10.1 Å². The van der Waals surface area contributed by atoms with Gasteiger partial charge in [0.25, 0.3) is 0 Å². The highest BCUT2D eigenvalue weighted by molar-refractivity contribution is 5.91. The number of carbonyl (C=O) groups is 2. The summed E-state index contributed by atoms with van der Waals surface area (Å²) in [6.45, 7) is 2.57. The molecule has 0 aromatic heterocycles. The normalized spacial score (nSPS) is 15.6. The monoisotopic (exact) mass is 293 g/mol. The lowest BCUT2D eigenvalue weighted by molar-refractivity contribution is -0.139. The van der Waals surface area contributed by atoms with Gasteiger partial charge < -0.3 is 25.0 Å². The van der Waals surface area contributed by atoms with Gasteiger partial charge in [-0.1, -0.05) is 12.1 Å². The Hall–Kier alpha value is -2.28. The Morgan fingerprint density at radius 2 is 1.90 bits per heavy atom. The van der Waals surface area contributed by atoms with Crippen molar-refractivity contribution in [2.24, 2.45) is 0 Å². The molecular weight excluding hydrogens is 274 g/mol. The second-order valence-corrected chi connectivity index (χ2v) is 4.90. The van der Waals surface area contributed by atoms with Crippen molar-refractivity contribution in [2.75, 3.05) is 45.2 Å². The molecule has 1 aliphatic rings. The average molecular weight is 293 g/mol. The van der Waals surface area contributed by atoms with E-state index in [1.54, 1.807) is 29.2 Å². The minimum Gasteiger partial charge on any atom is -0.480 e. The molecule has 1 aromatic carbocycles. The first-order chi connectivity index (χ1) is 10.1. The number of nitrogens with zero attached hydrogens (tertiary/aromatic N) is 2. The number of hydrogen-bond acceptors (Lipinski definition) is 4. The lowest BCUT2D eigenvalue weighted by Gasteiger charge is -2.32. The molecule has 0 atom stereocenters. The number of aliphatic carboxylic acids is 1. The van der Waals surface area contributed by atoms with E-state index in [0.29, 0.717) is 24.5 Å². The van der Waals surface area contributed by atoms with Crippen LogP contribution in [-0.2, 0) is 4.79 Å². The number of rotatable bonds is 4. The summed E-state index contributed by atoms with van der Waals surface area (Å²) >= 11 is 0. The first-order valence-electron chi connectivity index (χ1n) is 6.74. The number of anilines is 1. The van der Waals surface area contributed by atoms with Crippen molar-refractivity contribution in [1.29, 1.82) is 0 Å². The second-order valence-electron chi connectivity index (χ2n) is 4.90. The van der Waals surface area contributed by atoms with E-state index in [4.69, 9.17) is 9.84 Å². The molecule has 114 valence electrons. The standard InChI is InChI=1S/C14H19N3O4/c1-16-6-8-17(9-7-16)14(20)15-11-4-2-3-5-12(11)21-10-13(18)19/h2-5H,6-10H2,1H3,(H,15,20)(H,18,19). The summed E-state index contributed by atoms with van der Waals surface area (Å²) in [6.07, 6.45) is 0. The summed E-state index contributed by atoms with van der Waals surface area (Å²) in [6, 6.07) is 6.60. The average Bonchev–Trinajstić information content (AvgIpc) is 2.47. The Balaban J connectivity index is 1.98. The van der Waals surface area contributed by atoms with E-state index in [-0.39, 0.29) is 6.03 Å². The Bertz CT molecular complexity index is 513. The first kappa shape index (κ1) is 15.1. The maximum absolute atomic E-state index is 12.2. The van der Waals surface area contributed by atoms with Crippen molar-refractivity contribution >= 4 is 17.7 Å². The van der Waals surface area contributed by atoms with Crippen LogP contribution in [0.4, 0.5) is 10.5 Å². The number of hydrogen-bond donors (Lipinski definition) is 2. The molecule has 2 amide bonds. The number of piperazine rings is 1. The van der Waals surface area contributed by atoms with Gasteiger partial charge in [-0.3, -0.25) is 0 Å². The Labute approximate surface area is 123 Å². The number of ether oxygens (including phenoxy) is 1. The molecule has 0 radical (unpaired) electrons. The smallest absolute Gasteiger partial charge is 0.341 e. The van der Waals surface area contributed by atoms with Crippen LogP contribution in [0.15, 0.2) is 24.3 Å². The molecule has 1 aliphatic heterocycles. The molecule has 1 aromatic rings. The van der Waals surface area contributed by atoms with E-state index >= 15 is 0 Å². The Morgan fingerprint density at radius 3 is 2.57 bits per heavy atom. The minimum absolute atomic E-state index is 0.200. The summed E-state index contributed by atoms with van der Waals surface area (Å²) in [5.41, 5.74) is 0.475. The van der Waals surface area contributed by atoms with Crippen LogP contribution in [0, 0.1) is 0 Å². The molecule has 0 spiro atoms. The number of carboxylic acid groups (broad SMARTS) is 1. The molecule has 2 N–H and O–H groups in total. The van der Waals surface area contributed by atoms with Gasteiger partial charge in [-0.05, 0) is 19.2 Å². The van der Waals surface area contributed by atoms with Crippen molar-refractivity contribution in [3.63, 3.8) is 0 Å². The van der Waals surface area contributed by atoms with Crippen LogP contribution in [0.25, 0.3) is 0 Å². The van der Waals surface area contributed by atoms with E-state index in [2.05, 4.69) is 10.2 Å². The molecule has 2 rings (SSSR count). The quantitative estimate of drug-likeness (QED) is 0.863. The Kier molecular flexibility index (Phi) is 4.99. The third-order valence-electron chi connectivity index (χ3n) is 3.27. The fourth-order valence-electron chi connectivity index (χ4n) is 2.04. The highest BCUT2D eigenvalue weighted by Gasteiger charge is 2.19. The van der Waals surface area contributed by atoms with E-state index < -0.39 is 12.6 Å². The van der Waals surface area contributed by atoms with Gasteiger partial charge in [0.05, 0.1) is 5.69 Å². The van der Waals surface area contributed by atoms with Gasteiger partial charge in [-0.2, -0.15) is 0 Å². The molecule has 7 nitrogen and oxygen atoms in total. The molecule has 1 saturated heterocycles. The summed E-state index contributed by atoms with van der Waals surface area (Å²) in [4.78, 5) is 26.6. The van der Waals surface area contributed by atoms with Gasteiger partial charge in [-0.25, -0.2) is 9.59 Å². The summed E-state index contributed by atoms with van der Waals surface area (Å²) in [5.74, 6) is -0.711. The number of carbonyl (C=O) groups excluding carboxylic acids is 1. The molecule has 21 heavy (non-hydrogen) atoms. The Morgan fingerprint density at radius 1 is 1.24 bits per heavy atom. The molecule has 0 saturated carbocycles. The SMILES string of the molecule is CN1CCN(C(=O)Nc2ccccc2OCC(=O)O)CC1. The highest BCUT2D eigenvalue weighted by Crippen LogP contribution is 2.24. The number of para-hydroxylation sites is 2. The van der Waals surface area contributed by atoms with Crippen LogP contribution in [0.3, 0.4) is 0 Å². The molecule has 0 aliphatic carbocycles. The lowest BCUT2D eigenvalue weighted by Crippen LogP contribution is -2.48. The van der Waals surface area contributed by atoms with Crippen molar-refractivity contribution in [1.82, 2.24) is 9.80 Å². The van der Waals surface area contributed by atoms with Crippen LogP contribution in [0.5, 0.6) is 5.75 Å². The summed E-state index contributed by atoms with van der Waals surface area (Å²) in [5, 5.41) is 11.4. The lowest BCUT2D eigenvalue weighted by atomic mass is 10.3. The van der Waals surface area contributed by atoms with Gasteiger partial charge in [0, 0.05) is 26.2 Å². The van der Waals surface area contributed by atoms with Crippen LogP contribution in [0.2, 0.25) is 0 Å². The fraction of sp³-hybridized carbons (Fsp3) is 0.429.